The second-order valence-electron chi connectivity index (χ2n) is 6.08. The van der Waals surface area contributed by atoms with E-state index >= 15 is 0 Å². The predicted molar refractivity (Wildman–Crippen MR) is 87.7 cm³/mol. The summed E-state index contributed by atoms with van der Waals surface area (Å²) in [6, 6.07) is 9.13. The van der Waals surface area contributed by atoms with Crippen molar-refractivity contribution in [3.8, 4) is 5.88 Å². The highest BCUT2D eigenvalue weighted by Crippen LogP contribution is 2.15. The Hall–Kier alpha value is -2.83. The molecule has 6 nitrogen and oxygen atoms in total. The average Bonchev–Trinajstić information content (AvgIpc) is 2.50. The minimum Gasteiger partial charge on any atom is -0.472 e. The Kier molecular flexibility index (Phi) is 5.23. The quantitative estimate of drug-likeness (QED) is 0.897. The Labute approximate surface area is 138 Å². The van der Waals surface area contributed by atoms with Crippen LogP contribution in [0.1, 0.15) is 26.3 Å². The summed E-state index contributed by atoms with van der Waals surface area (Å²) in [5, 5.41) is 2.21. The summed E-state index contributed by atoms with van der Waals surface area (Å²) in [6.07, 6.45) is 0.320. The van der Waals surface area contributed by atoms with Crippen LogP contribution >= 0.6 is 0 Å². The summed E-state index contributed by atoms with van der Waals surface area (Å²) in [5.74, 6) is -1.40. The number of ether oxygens (including phenoxy) is 2. The first-order valence-corrected chi connectivity index (χ1v) is 7.34. The van der Waals surface area contributed by atoms with Crippen LogP contribution in [0.5, 0.6) is 5.88 Å². The van der Waals surface area contributed by atoms with E-state index in [1.807, 2.05) is 30.3 Å². The van der Waals surface area contributed by atoms with Gasteiger partial charge in [0.2, 0.25) is 17.1 Å². The topological polar surface area (TPSA) is 80.4 Å². The van der Waals surface area contributed by atoms with Gasteiger partial charge < -0.3 is 14.5 Å². The fourth-order valence-electron chi connectivity index (χ4n) is 1.83. The van der Waals surface area contributed by atoms with Crippen LogP contribution in [-0.2, 0) is 11.3 Å². The lowest BCUT2D eigenvalue weighted by Crippen LogP contribution is -2.29. The zero-order valence-electron chi connectivity index (χ0n) is 13.7. The van der Waals surface area contributed by atoms with Gasteiger partial charge in [-0.15, -0.1) is 0 Å². The summed E-state index contributed by atoms with van der Waals surface area (Å²) in [7, 11) is 0. The highest BCUT2D eigenvalue weighted by Gasteiger charge is 2.19. The normalized spacial score (nSPS) is 11.0. The number of aromatic amines is 1. The van der Waals surface area contributed by atoms with E-state index < -0.39 is 22.9 Å². The second kappa shape index (κ2) is 7.16. The molecule has 128 valence electrons. The van der Waals surface area contributed by atoms with Crippen LogP contribution in [0, 0.1) is 5.82 Å². The molecule has 0 aliphatic heterocycles. The number of anilines is 1. The minimum atomic E-state index is -1.11. The zero-order valence-corrected chi connectivity index (χ0v) is 13.7. The van der Waals surface area contributed by atoms with Crippen LogP contribution in [0.4, 0.5) is 14.9 Å². The molecule has 0 saturated heterocycles. The van der Waals surface area contributed by atoms with Gasteiger partial charge in [0, 0.05) is 6.20 Å². The van der Waals surface area contributed by atoms with Gasteiger partial charge in [0.15, 0.2) is 0 Å². The maximum atomic E-state index is 14.1. The first kappa shape index (κ1) is 17.5. The number of hydrogen-bond donors (Lipinski definition) is 2. The molecule has 0 fully saturated rings. The van der Waals surface area contributed by atoms with Crippen molar-refractivity contribution in [1.82, 2.24) is 4.98 Å². The number of benzene rings is 1. The lowest BCUT2D eigenvalue weighted by atomic mass is 10.2. The maximum Gasteiger partial charge on any atom is 0.412 e. The molecule has 1 aromatic heterocycles. The Morgan fingerprint density at radius 1 is 1.25 bits per heavy atom. The molecule has 24 heavy (non-hydrogen) atoms. The first-order valence-electron chi connectivity index (χ1n) is 7.34. The number of rotatable bonds is 4. The number of carbonyl (C=O) groups is 1. The van der Waals surface area contributed by atoms with E-state index in [-0.39, 0.29) is 18.2 Å². The third kappa shape index (κ3) is 4.84. The molecular weight excluding hydrogens is 315 g/mol. The van der Waals surface area contributed by atoms with Gasteiger partial charge in [-0.2, -0.15) is 4.39 Å². The fourth-order valence-corrected chi connectivity index (χ4v) is 1.83. The molecule has 0 aliphatic carbocycles. The van der Waals surface area contributed by atoms with Gasteiger partial charge >= 0.3 is 6.09 Å². The number of carbonyl (C=O) groups excluding carboxylic acids is 1. The lowest BCUT2D eigenvalue weighted by molar-refractivity contribution is 0.0635. The number of hydrogen-bond acceptors (Lipinski definition) is 4. The van der Waals surface area contributed by atoms with E-state index in [1.54, 1.807) is 20.8 Å². The number of nitrogens with one attached hydrogen (secondary N) is 2. The van der Waals surface area contributed by atoms with Crippen molar-refractivity contribution in [3.05, 3.63) is 58.1 Å². The largest absolute Gasteiger partial charge is 0.472 e. The predicted octanol–water partition coefficient (Wildman–Crippen LogP) is 3.44. The third-order valence-electron chi connectivity index (χ3n) is 2.85. The summed E-state index contributed by atoms with van der Waals surface area (Å²) in [6.45, 7) is 5.14. The van der Waals surface area contributed by atoms with Gasteiger partial charge in [0.05, 0.1) is 0 Å². The van der Waals surface area contributed by atoms with Crippen LogP contribution in [0.3, 0.4) is 0 Å². The van der Waals surface area contributed by atoms with Crippen LogP contribution in [0.2, 0.25) is 0 Å². The second-order valence-corrected chi connectivity index (χ2v) is 6.08. The number of H-pyrrole nitrogens is 1. The molecule has 1 heterocycles. The fraction of sp³-hybridized carbons (Fsp3) is 0.294. The maximum absolute atomic E-state index is 14.1. The molecule has 7 heteroatoms. The van der Waals surface area contributed by atoms with E-state index in [2.05, 4.69) is 10.3 Å². The molecule has 2 aromatic rings. The average molecular weight is 334 g/mol. The Morgan fingerprint density at radius 3 is 2.54 bits per heavy atom. The SMILES string of the molecule is CC(C)(C)OC(=O)Nc1c[nH]c(OCc2ccccc2)c(F)c1=O. The zero-order chi connectivity index (χ0) is 17.7. The van der Waals surface area contributed by atoms with E-state index in [0.717, 1.165) is 11.8 Å². The van der Waals surface area contributed by atoms with Gasteiger partial charge in [-0.25, -0.2) is 4.79 Å². The minimum absolute atomic E-state index is 0.104. The molecule has 1 amide bonds. The Bertz CT molecular complexity index is 766. The molecule has 1 aromatic carbocycles. The van der Waals surface area contributed by atoms with Crippen LogP contribution in [-0.4, -0.2) is 16.7 Å². The molecule has 0 spiro atoms. The number of pyridine rings is 1. The third-order valence-corrected chi connectivity index (χ3v) is 2.85. The van der Waals surface area contributed by atoms with Gasteiger partial charge in [0.1, 0.15) is 17.9 Å². The molecule has 0 aliphatic rings. The summed E-state index contributed by atoms with van der Waals surface area (Å²) in [5.41, 5.74) is -1.14. The Morgan fingerprint density at radius 2 is 1.92 bits per heavy atom. The number of halogens is 1. The molecule has 0 saturated carbocycles. The molecule has 0 radical (unpaired) electrons. The van der Waals surface area contributed by atoms with Crippen LogP contribution in [0.25, 0.3) is 0 Å². The summed E-state index contributed by atoms with van der Waals surface area (Å²) < 4.78 is 24.4. The molecule has 0 bridgehead atoms. The Balaban J connectivity index is 2.08. The van der Waals surface area contributed by atoms with Gasteiger partial charge in [-0.3, -0.25) is 10.1 Å². The van der Waals surface area contributed by atoms with Crippen molar-refractivity contribution < 1.29 is 18.7 Å². The van der Waals surface area contributed by atoms with E-state index in [0.29, 0.717) is 0 Å². The van der Waals surface area contributed by atoms with Crippen molar-refractivity contribution in [1.29, 1.82) is 0 Å². The van der Waals surface area contributed by atoms with Crippen molar-refractivity contribution >= 4 is 11.8 Å². The van der Waals surface area contributed by atoms with Gasteiger partial charge in [0.25, 0.3) is 0 Å². The molecule has 0 unspecified atom stereocenters. The molecule has 2 N–H and O–H groups in total. The van der Waals surface area contributed by atoms with Crippen molar-refractivity contribution in [2.45, 2.75) is 33.0 Å². The van der Waals surface area contributed by atoms with Gasteiger partial charge in [-0.1, -0.05) is 30.3 Å². The number of amides is 1. The smallest absolute Gasteiger partial charge is 0.412 e. The van der Waals surface area contributed by atoms with Crippen molar-refractivity contribution in [2.24, 2.45) is 0 Å². The first-order chi connectivity index (χ1) is 11.3. The lowest BCUT2D eigenvalue weighted by Gasteiger charge is -2.19. The highest BCUT2D eigenvalue weighted by molar-refractivity contribution is 5.84. The van der Waals surface area contributed by atoms with E-state index in [9.17, 15) is 14.0 Å². The van der Waals surface area contributed by atoms with E-state index in [1.165, 1.54) is 0 Å². The van der Waals surface area contributed by atoms with Crippen LogP contribution < -0.4 is 15.5 Å². The molecule has 0 atom stereocenters. The van der Waals surface area contributed by atoms with Gasteiger partial charge in [-0.05, 0) is 26.3 Å². The monoisotopic (exact) mass is 334 g/mol. The summed E-state index contributed by atoms with van der Waals surface area (Å²) in [4.78, 5) is 26.1. The summed E-state index contributed by atoms with van der Waals surface area (Å²) >= 11 is 0. The van der Waals surface area contributed by atoms with E-state index in [4.69, 9.17) is 9.47 Å². The molecular formula is C17H19FN2O4. The standard InChI is InChI=1S/C17H19FN2O4/c1-17(2,3)24-16(22)20-12-9-19-15(13(18)14(12)21)23-10-11-7-5-4-6-8-11/h4-9H,10H2,1-3H3,(H,19,21)(H,20,22). The highest BCUT2D eigenvalue weighted by atomic mass is 19.1. The van der Waals surface area contributed by atoms with Crippen molar-refractivity contribution in [3.63, 3.8) is 0 Å². The van der Waals surface area contributed by atoms with Crippen LogP contribution in [0.15, 0.2) is 41.3 Å². The molecule has 2 rings (SSSR count). The van der Waals surface area contributed by atoms with Crippen molar-refractivity contribution in [2.75, 3.05) is 5.32 Å². The number of aromatic nitrogens is 1.